The first-order valence-corrected chi connectivity index (χ1v) is 9.24. The Morgan fingerprint density at radius 3 is 2.36 bits per heavy atom. The predicted molar refractivity (Wildman–Crippen MR) is 110 cm³/mol. The molecule has 0 radical (unpaired) electrons. The van der Waals surface area contributed by atoms with Gasteiger partial charge in [-0.15, -0.1) is 0 Å². The van der Waals surface area contributed by atoms with E-state index in [4.69, 9.17) is 0 Å². The molecule has 0 aliphatic rings. The lowest BCUT2D eigenvalue weighted by atomic mass is 10.0. The Labute approximate surface area is 154 Å². The molecule has 0 aromatic heterocycles. The number of hydrogen-bond acceptors (Lipinski definition) is 2. The molecule has 2 nitrogen and oxygen atoms in total. The number of unbranched alkanes of at least 4 members (excludes halogenated alkanes) is 1. The van der Waals surface area contributed by atoms with Crippen LogP contribution in [-0.4, -0.2) is 16.5 Å². The van der Waals surface area contributed by atoms with Crippen LogP contribution in [0.5, 0.6) is 0 Å². The molecule has 1 atom stereocenters. The Morgan fingerprint density at radius 1 is 0.920 bits per heavy atom. The highest BCUT2D eigenvalue weighted by Gasteiger charge is 2.12. The third-order valence-corrected chi connectivity index (χ3v) is 3.38. The standard InChI is InChI=1S/C23H34O2/c1-4-6-8-10-12-16-20-23(3,25)21-17-13-11-15-19-22(24)18-14-9-7-5-2/h6,8-9,11-17,19,21,25H,4-5,7,10,18,20H2,1-3H3. The number of allylic oxidation sites excluding steroid dienone is 10. The molecule has 0 rings (SSSR count). The van der Waals surface area contributed by atoms with Crippen LogP contribution in [0.2, 0.25) is 0 Å². The maximum atomic E-state index is 11.6. The highest BCUT2D eigenvalue weighted by atomic mass is 16.3. The molecule has 1 N–H and O–H groups in total. The van der Waals surface area contributed by atoms with Crippen molar-refractivity contribution in [2.75, 3.05) is 0 Å². The molecule has 0 heterocycles. The molecule has 0 spiro atoms. The van der Waals surface area contributed by atoms with Gasteiger partial charge in [0.1, 0.15) is 0 Å². The van der Waals surface area contributed by atoms with Gasteiger partial charge in [0, 0.05) is 6.42 Å². The van der Waals surface area contributed by atoms with E-state index in [1.165, 1.54) is 0 Å². The molecule has 1 unspecified atom stereocenters. The summed E-state index contributed by atoms with van der Waals surface area (Å²) in [6.45, 7) is 6.01. The van der Waals surface area contributed by atoms with E-state index in [2.05, 4.69) is 32.1 Å². The number of carbonyl (C=O) groups is 1. The summed E-state index contributed by atoms with van der Waals surface area (Å²) in [5.74, 6) is 0.0928. The van der Waals surface area contributed by atoms with Gasteiger partial charge < -0.3 is 5.11 Å². The van der Waals surface area contributed by atoms with Crippen LogP contribution in [0.15, 0.2) is 72.9 Å². The van der Waals surface area contributed by atoms with Gasteiger partial charge in [-0.05, 0) is 38.7 Å². The van der Waals surface area contributed by atoms with Crippen molar-refractivity contribution >= 4 is 5.78 Å². The van der Waals surface area contributed by atoms with E-state index in [0.717, 1.165) is 25.7 Å². The van der Waals surface area contributed by atoms with E-state index in [0.29, 0.717) is 12.8 Å². The molecule has 0 amide bonds. The summed E-state index contributed by atoms with van der Waals surface area (Å²) in [5, 5.41) is 10.2. The molecule has 0 bridgehead atoms. The van der Waals surface area contributed by atoms with E-state index >= 15 is 0 Å². The fourth-order valence-corrected chi connectivity index (χ4v) is 1.93. The van der Waals surface area contributed by atoms with Crippen LogP contribution in [-0.2, 0) is 4.79 Å². The Hall–Kier alpha value is -1.93. The minimum absolute atomic E-state index is 0.0928. The second-order valence-corrected chi connectivity index (χ2v) is 6.18. The van der Waals surface area contributed by atoms with Crippen LogP contribution in [0.3, 0.4) is 0 Å². The fourth-order valence-electron chi connectivity index (χ4n) is 1.93. The van der Waals surface area contributed by atoms with Crippen molar-refractivity contribution < 1.29 is 9.90 Å². The Bertz CT molecular complexity index is 514. The van der Waals surface area contributed by atoms with Crippen molar-refractivity contribution in [1.29, 1.82) is 0 Å². The molecule has 0 saturated heterocycles. The van der Waals surface area contributed by atoms with Crippen LogP contribution in [0.4, 0.5) is 0 Å². The maximum Gasteiger partial charge on any atom is 0.159 e. The Balaban J connectivity index is 4.13. The normalized spacial score (nSPS) is 15.7. The van der Waals surface area contributed by atoms with Crippen molar-refractivity contribution in [2.45, 2.75) is 64.9 Å². The Morgan fingerprint density at radius 2 is 1.64 bits per heavy atom. The molecule has 0 aromatic rings. The van der Waals surface area contributed by atoms with E-state index < -0.39 is 5.60 Å². The van der Waals surface area contributed by atoms with Gasteiger partial charge in [0.15, 0.2) is 5.78 Å². The van der Waals surface area contributed by atoms with Crippen LogP contribution < -0.4 is 0 Å². The zero-order chi connectivity index (χ0) is 18.8. The molecular weight excluding hydrogens is 308 g/mol. The molecule has 0 aliphatic heterocycles. The molecule has 0 aliphatic carbocycles. The van der Waals surface area contributed by atoms with Gasteiger partial charge >= 0.3 is 0 Å². The van der Waals surface area contributed by atoms with Gasteiger partial charge in [-0.25, -0.2) is 0 Å². The summed E-state index contributed by atoms with van der Waals surface area (Å²) in [6, 6.07) is 0. The first kappa shape index (κ1) is 23.1. The van der Waals surface area contributed by atoms with Crippen molar-refractivity contribution in [2.24, 2.45) is 0 Å². The summed E-state index contributed by atoms with van der Waals surface area (Å²) >= 11 is 0. The van der Waals surface area contributed by atoms with Gasteiger partial charge in [0.2, 0.25) is 0 Å². The zero-order valence-corrected chi connectivity index (χ0v) is 16.0. The smallest absolute Gasteiger partial charge is 0.159 e. The van der Waals surface area contributed by atoms with Crippen molar-refractivity contribution in [3.8, 4) is 0 Å². The summed E-state index contributed by atoms with van der Waals surface area (Å²) in [4.78, 5) is 11.6. The van der Waals surface area contributed by atoms with Gasteiger partial charge in [0.05, 0.1) is 5.60 Å². The number of carbonyl (C=O) groups excluding carboxylic acids is 1. The second kappa shape index (κ2) is 15.6. The van der Waals surface area contributed by atoms with E-state index in [1.807, 2.05) is 24.3 Å². The van der Waals surface area contributed by atoms with Crippen molar-refractivity contribution in [1.82, 2.24) is 0 Å². The van der Waals surface area contributed by atoms with Crippen molar-refractivity contribution in [3.05, 3.63) is 72.9 Å². The SMILES string of the molecule is CCC=CCC=CCC(C)(O)C=CC=CC=CC(=O)CC=CCCC. The number of aliphatic hydroxyl groups is 1. The quantitative estimate of drug-likeness (QED) is 0.252. The van der Waals surface area contributed by atoms with Crippen LogP contribution >= 0.6 is 0 Å². The molecule has 0 aromatic carbocycles. The van der Waals surface area contributed by atoms with E-state index in [-0.39, 0.29) is 5.78 Å². The minimum Gasteiger partial charge on any atom is -0.386 e. The third-order valence-electron chi connectivity index (χ3n) is 3.38. The Kier molecular flexibility index (Phi) is 14.4. The summed E-state index contributed by atoms with van der Waals surface area (Å²) < 4.78 is 0. The van der Waals surface area contributed by atoms with Gasteiger partial charge in [-0.2, -0.15) is 0 Å². The minimum atomic E-state index is -0.862. The highest BCUT2D eigenvalue weighted by Crippen LogP contribution is 2.12. The lowest BCUT2D eigenvalue weighted by molar-refractivity contribution is -0.113. The molecule has 0 fully saturated rings. The van der Waals surface area contributed by atoms with Crippen molar-refractivity contribution in [3.63, 3.8) is 0 Å². The largest absolute Gasteiger partial charge is 0.386 e. The molecular formula is C23H34O2. The first-order chi connectivity index (χ1) is 12.0. The molecule has 138 valence electrons. The second-order valence-electron chi connectivity index (χ2n) is 6.18. The average molecular weight is 343 g/mol. The summed E-state index contributed by atoms with van der Waals surface area (Å²) in [5.41, 5.74) is -0.862. The lowest BCUT2D eigenvalue weighted by Crippen LogP contribution is -2.18. The number of ketones is 1. The molecule has 0 saturated carbocycles. The molecule has 25 heavy (non-hydrogen) atoms. The lowest BCUT2D eigenvalue weighted by Gasteiger charge is -2.15. The van der Waals surface area contributed by atoms with Crippen LogP contribution in [0.1, 0.15) is 59.3 Å². The van der Waals surface area contributed by atoms with E-state index in [1.54, 1.807) is 37.3 Å². The predicted octanol–water partition coefficient (Wildman–Crippen LogP) is 6.02. The zero-order valence-electron chi connectivity index (χ0n) is 16.0. The summed E-state index contributed by atoms with van der Waals surface area (Å²) in [6.07, 6.45) is 27.9. The van der Waals surface area contributed by atoms with Gasteiger partial charge in [-0.1, -0.05) is 87.1 Å². The maximum absolute atomic E-state index is 11.6. The van der Waals surface area contributed by atoms with Crippen LogP contribution in [0.25, 0.3) is 0 Å². The topological polar surface area (TPSA) is 37.3 Å². The average Bonchev–Trinajstić information content (AvgIpc) is 2.58. The third kappa shape index (κ3) is 16.7. The van der Waals surface area contributed by atoms with Gasteiger partial charge in [-0.3, -0.25) is 4.79 Å². The number of rotatable bonds is 13. The first-order valence-electron chi connectivity index (χ1n) is 9.24. The summed E-state index contributed by atoms with van der Waals surface area (Å²) in [7, 11) is 0. The number of hydrogen-bond donors (Lipinski definition) is 1. The van der Waals surface area contributed by atoms with Crippen LogP contribution in [0, 0.1) is 0 Å². The fraction of sp³-hybridized carbons (Fsp3) is 0.435. The highest BCUT2D eigenvalue weighted by molar-refractivity contribution is 5.90. The monoisotopic (exact) mass is 342 g/mol. The van der Waals surface area contributed by atoms with Gasteiger partial charge in [0.25, 0.3) is 0 Å². The molecule has 2 heteroatoms. The van der Waals surface area contributed by atoms with E-state index in [9.17, 15) is 9.90 Å².